The molecule has 1 aliphatic heterocycles. The van der Waals surface area contributed by atoms with Crippen LogP contribution in [0.15, 0.2) is 48.5 Å². The molecule has 0 fully saturated rings. The predicted molar refractivity (Wildman–Crippen MR) is 106 cm³/mol. The zero-order valence-electron chi connectivity index (χ0n) is 15.7. The first-order chi connectivity index (χ1) is 13.9. The molecule has 0 bridgehead atoms. The number of esters is 1. The third-order valence-corrected chi connectivity index (χ3v) is 5.13. The molecule has 0 saturated heterocycles. The van der Waals surface area contributed by atoms with Gasteiger partial charge >= 0.3 is 5.97 Å². The van der Waals surface area contributed by atoms with Crippen molar-refractivity contribution in [3.63, 3.8) is 0 Å². The molecule has 0 radical (unpaired) electrons. The summed E-state index contributed by atoms with van der Waals surface area (Å²) < 4.78 is 10.7. The van der Waals surface area contributed by atoms with E-state index in [9.17, 15) is 19.7 Å². The van der Waals surface area contributed by atoms with E-state index in [4.69, 9.17) is 21.1 Å². The fourth-order valence-electron chi connectivity index (χ4n) is 3.58. The van der Waals surface area contributed by atoms with Gasteiger partial charge in [-0.15, -0.1) is 0 Å². The van der Waals surface area contributed by atoms with Crippen LogP contribution in [-0.4, -0.2) is 35.4 Å². The fourth-order valence-corrected chi connectivity index (χ4v) is 3.71. The van der Waals surface area contributed by atoms with Crippen molar-refractivity contribution in [1.82, 2.24) is 0 Å². The van der Waals surface area contributed by atoms with Crippen LogP contribution in [0.4, 0.5) is 0 Å². The second-order valence-corrected chi connectivity index (χ2v) is 7.16. The van der Waals surface area contributed by atoms with E-state index in [1.165, 1.54) is 0 Å². The first-order valence-corrected chi connectivity index (χ1v) is 9.62. The van der Waals surface area contributed by atoms with Crippen LogP contribution < -0.4 is 4.74 Å². The number of Topliss-reactive ketones (excluding diaryl/α,β-unsaturated/α-hetero) is 1. The Morgan fingerprint density at radius 3 is 2.48 bits per heavy atom. The first kappa shape index (κ1) is 20.8. The predicted octanol–water partition coefficient (Wildman–Crippen LogP) is 4.06. The van der Waals surface area contributed by atoms with Crippen molar-refractivity contribution in [2.75, 3.05) is 6.61 Å². The lowest BCUT2D eigenvalue weighted by molar-refractivity contribution is -0.538. The Hall–Kier alpha value is -2.93. The second kappa shape index (κ2) is 9.05. The summed E-state index contributed by atoms with van der Waals surface area (Å²) in [6.45, 7) is 1.83. The summed E-state index contributed by atoms with van der Waals surface area (Å²) >= 11 is 5.87. The van der Waals surface area contributed by atoms with Gasteiger partial charge in [0.15, 0.2) is 11.9 Å². The minimum Gasteiger partial charge on any atom is -0.482 e. The maximum atomic E-state index is 12.8. The molecule has 0 N–H and O–H groups in total. The first-order valence-electron chi connectivity index (χ1n) is 9.24. The van der Waals surface area contributed by atoms with Crippen molar-refractivity contribution < 1.29 is 24.0 Å². The van der Waals surface area contributed by atoms with Gasteiger partial charge in [0.25, 0.3) is 6.04 Å². The van der Waals surface area contributed by atoms with Gasteiger partial charge in [0.1, 0.15) is 5.75 Å². The second-order valence-electron chi connectivity index (χ2n) is 6.72. The van der Waals surface area contributed by atoms with Gasteiger partial charge in [-0.2, -0.15) is 0 Å². The lowest BCUT2D eigenvalue weighted by Gasteiger charge is -2.34. The van der Waals surface area contributed by atoms with E-state index >= 15 is 0 Å². The third-order valence-electron chi connectivity index (χ3n) is 4.88. The number of carbonyl (C=O) groups is 2. The Morgan fingerprint density at radius 1 is 1.14 bits per heavy atom. The van der Waals surface area contributed by atoms with Crippen LogP contribution in [0.3, 0.4) is 0 Å². The van der Waals surface area contributed by atoms with Gasteiger partial charge in [-0.05, 0) is 37.3 Å². The van der Waals surface area contributed by atoms with Gasteiger partial charge in [-0.3, -0.25) is 19.7 Å². The zero-order valence-corrected chi connectivity index (χ0v) is 16.5. The molecule has 2 aromatic carbocycles. The number of nitrogens with zero attached hydrogens (tertiary/aromatic N) is 1. The highest BCUT2D eigenvalue weighted by atomic mass is 35.5. The summed E-state index contributed by atoms with van der Waals surface area (Å²) in [6.07, 6.45) is -1.38. The van der Waals surface area contributed by atoms with Crippen molar-refractivity contribution in [2.45, 2.75) is 37.8 Å². The largest absolute Gasteiger partial charge is 0.482 e. The highest BCUT2D eigenvalue weighted by Gasteiger charge is 2.48. The van der Waals surface area contributed by atoms with Crippen molar-refractivity contribution in [3.05, 3.63) is 74.8 Å². The molecule has 0 aliphatic carbocycles. The standard InChI is InChI=1S/C21H20ClNO6/c1-2-28-20(25)12-19-21(23(26)27)16(15-5-3-4-6-18(15)29-19)11-17(24)13-7-9-14(22)10-8-13/h3-10,16,19,21H,2,11-12H2,1H3/t16-,19+,21+/m1/s1. The van der Waals surface area contributed by atoms with E-state index in [0.29, 0.717) is 21.9 Å². The van der Waals surface area contributed by atoms with E-state index in [0.717, 1.165) is 0 Å². The summed E-state index contributed by atoms with van der Waals surface area (Å²) in [5.74, 6) is -1.12. The summed E-state index contributed by atoms with van der Waals surface area (Å²) in [7, 11) is 0. The number of nitro groups is 1. The van der Waals surface area contributed by atoms with Crippen LogP contribution in [-0.2, 0) is 9.53 Å². The van der Waals surface area contributed by atoms with Crippen LogP contribution in [0.1, 0.15) is 41.6 Å². The van der Waals surface area contributed by atoms with Gasteiger partial charge < -0.3 is 9.47 Å². The average Bonchev–Trinajstić information content (AvgIpc) is 2.68. The lowest BCUT2D eigenvalue weighted by Crippen LogP contribution is -2.47. The summed E-state index contributed by atoms with van der Waals surface area (Å²) in [4.78, 5) is 36.3. The Labute approximate surface area is 172 Å². The number of hydrogen-bond acceptors (Lipinski definition) is 6. The monoisotopic (exact) mass is 417 g/mol. The van der Waals surface area contributed by atoms with Crippen LogP contribution in [0.25, 0.3) is 0 Å². The molecule has 0 aromatic heterocycles. The van der Waals surface area contributed by atoms with Crippen molar-refractivity contribution in [2.24, 2.45) is 0 Å². The molecule has 1 heterocycles. The number of para-hydroxylation sites is 1. The minimum absolute atomic E-state index is 0.0903. The number of hydrogen-bond donors (Lipinski definition) is 0. The molecule has 0 spiro atoms. The normalized spacial score (nSPS) is 20.3. The number of ketones is 1. The quantitative estimate of drug-likeness (QED) is 0.292. The minimum atomic E-state index is -1.26. The van der Waals surface area contributed by atoms with E-state index in [2.05, 4.69) is 0 Å². The molecule has 152 valence electrons. The molecule has 1 aliphatic rings. The number of carbonyl (C=O) groups excluding carboxylic acids is 2. The van der Waals surface area contributed by atoms with Crippen LogP contribution in [0.2, 0.25) is 5.02 Å². The number of ether oxygens (including phenoxy) is 2. The van der Waals surface area contributed by atoms with Gasteiger partial charge in [-0.1, -0.05) is 29.8 Å². The molecule has 7 nitrogen and oxygen atoms in total. The Morgan fingerprint density at radius 2 is 1.83 bits per heavy atom. The molecular weight excluding hydrogens is 398 g/mol. The number of fused-ring (bicyclic) bond motifs is 1. The maximum Gasteiger partial charge on any atom is 0.309 e. The van der Waals surface area contributed by atoms with E-state index < -0.39 is 29.0 Å². The molecular formula is C21H20ClNO6. The summed E-state index contributed by atoms with van der Waals surface area (Å²) in [6, 6.07) is 12.0. The van der Waals surface area contributed by atoms with Crippen LogP contribution in [0, 0.1) is 10.1 Å². The molecule has 29 heavy (non-hydrogen) atoms. The van der Waals surface area contributed by atoms with E-state index in [-0.39, 0.29) is 25.2 Å². The topological polar surface area (TPSA) is 95.7 Å². The van der Waals surface area contributed by atoms with Crippen molar-refractivity contribution >= 4 is 23.4 Å². The fraction of sp³-hybridized carbons (Fsp3) is 0.333. The van der Waals surface area contributed by atoms with Gasteiger partial charge in [0.2, 0.25) is 0 Å². The number of rotatable bonds is 7. The van der Waals surface area contributed by atoms with Crippen molar-refractivity contribution in [3.8, 4) is 5.75 Å². The average molecular weight is 418 g/mol. The molecule has 0 saturated carbocycles. The molecule has 8 heteroatoms. The van der Waals surface area contributed by atoms with Crippen molar-refractivity contribution in [1.29, 1.82) is 0 Å². The summed E-state index contributed by atoms with van der Waals surface area (Å²) in [5.41, 5.74) is 0.999. The van der Waals surface area contributed by atoms with Crippen LogP contribution >= 0.6 is 11.6 Å². The molecule has 3 atom stereocenters. The molecule has 3 rings (SSSR count). The zero-order chi connectivity index (χ0) is 21.0. The van der Waals surface area contributed by atoms with Gasteiger partial charge in [-0.25, -0.2) is 0 Å². The lowest BCUT2D eigenvalue weighted by atomic mass is 9.80. The Kier molecular flexibility index (Phi) is 6.49. The third kappa shape index (κ3) is 4.74. The SMILES string of the molecule is CCOC(=O)C[C@@H]1Oc2ccccc2[C@@H](CC(=O)c2ccc(Cl)cc2)[C@@H]1[N+](=O)[O-]. The molecule has 0 unspecified atom stereocenters. The van der Waals surface area contributed by atoms with Crippen LogP contribution in [0.5, 0.6) is 5.75 Å². The maximum absolute atomic E-state index is 12.8. The number of benzene rings is 2. The van der Waals surface area contributed by atoms with Gasteiger partial charge in [0, 0.05) is 27.5 Å². The van der Waals surface area contributed by atoms with E-state index in [1.54, 1.807) is 55.5 Å². The van der Waals surface area contributed by atoms with Gasteiger partial charge in [0.05, 0.1) is 18.9 Å². The highest BCUT2D eigenvalue weighted by molar-refractivity contribution is 6.30. The smallest absolute Gasteiger partial charge is 0.309 e. The molecule has 2 aromatic rings. The van der Waals surface area contributed by atoms with E-state index in [1.807, 2.05) is 0 Å². The highest BCUT2D eigenvalue weighted by Crippen LogP contribution is 2.41. The Balaban J connectivity index is 1.94. The number of halogens is 1. The summed E-state index contributed by atoms with van der Waals surface area (Å²) in [5, 5.41) is 12.4. The molecule has 0 amide bonds. The Bertz CT molecular complexity index is 914.